The van der Waals surface area contributed by atoms with Crippen molar-refractivity contribution in [1.82, 2.24) is 4.57 Å². The molecule has 0 unspecified atom stereocenters. The normalized spacial score (nSPS) is 12.5. The highest BCUT2D eigenvalue weighted by molar-refractivity contribution is 8.13. The second-order valence-corrected chi connectivity index (χ2v) is 7.72. The van der Waals surface area contributed by atoms with Gasteiger partial charge in [-0.3, -0.25) is 0 Å². The van der Waals surface area contributed by atoms with E-state index in [1.807, 2.05) is 0 Å². The summed E-state index contributed by atoms with van der Waals surface area (Å²) < 4.78 is 50.3. The summed E-state index contributed by atoms with van der Waals surface area (Å²) in [4.78, 5) is 3.88. The number of halogens is 4. The number of aliphatic imine (C=N–C) groups is 1. The lowest BCUT2D eigenvalue weighted by Gasteiger charge is -2.07. The Bertz CT molecular complexity index is 890. The number of rotatable bonds is 5. The van der Waals surface area contributed by atoms with Crippen molar-refractivity contribution in [2.24, 2.45) is 17.8 Å². The van der Waals surface area contributed by atoms with E-state index in [2.05, 4.69) is 10.3 Å². The topological polar surface area (TPSA) is 89.5 Å². The average Bonchev–Trinajstić information content (AvgIpc) is 2.86. The number of anilines is 1. The molecule has 0 aliphatic rings. The zero-order valence-electron chi connectivity index (χ0n) is 12.2. The minimum Gasteiger partial charge on any atom is -0.382 e. The summed E-state index contributed by atoms with van der Waals surface area (Å²) in [6.45, 7) is -0.0681. The van der Waals surface area contributed by atoms with Crippen LogP contribution in [0.4, 0.5) is 14.5 Å². The van der Waals surface area contributed by atoms with Gasteiger partial charge in [0.15, 0.2) is 11.6 Å². The van der Waals surface area contributed by atoms with Gasteiger partial charge in [-0.2, -0.15) is 0 Å². The first-order chi connectivity index (χ1) is 11.1. The molecule has 130 valence electrons. The zero-order chi connectivity index (χ0) is 18.1. The summed E-state index contributed by atoms with van der Waals surface area (Å²) in [6, 6.07) is 3.40. The molecule has 11 heteroatoms. The van der Waals surface area contributed by atoms with Crippen LogP contribution in [0.2, 0.25) is 5.02 Å². The first-order valence-electron chi connectivity index (χ1n) is 6.39. The average molecular weight is 397 g/mol. The number of aryl methyl sites for hydroxylation is 1. The molecule has 0 bridgehead atoms. The molecule has 2 aromatic rings. The lowest BCUT2D eigenvalue weighted by atomic mass is 10.3. The number of hydrogen-bond donors (Lipinski definition) is 2. The standard InChI is InChI=1S/C13H12Cl2F2N4O2S/c1-21-5-8(24(15,22)23)4-11(21)13(18)20-6-19-7-2-9(14)12(17)10(16)3-7/h2-5,19H,6H2,1H3,(H2,18,20). The molecule has 0 aliphatic heterocycles. The van der Waals surface area contributed by atoms with Crippen LogP contribution in [0.15, 0.2) is 34.3 Å². The number of benzene rings is 1. The Hall–Kier alpha value is -1.84. The van der Waals surface area contributed by atoms with Crippen LogP contribution in [-0.4, -0.2) is 25.5 Å². The Balaban J connectivity index is 2.14. The quantitative estimate of drug-likeness (QED) is 0.351. The number of aromatic nitrogens is 1. The fraction of sp³-hybridized carbons (Fsp3) is 0.154. The van der Waals surface area contributed by atoms with Crippen molar-refractivity contribution in [3.63, 3.8) is 0 Å². The maximum absolute atomic E-state index is 13.2. The summed E-state index contributed by atoms with van der Waals surface area (Å²) >= 11 is 5.53. The van der Waals surface area contributed by atoms with Gasteiger partial charge in [0.05, 0.1) is 10.7 Å². The predicted molar refractivity (Wildman–Crippen MR) is 89.0 cm³/mol. The summed E-state index contributed by atoms with van der Waals surface area (Å²) in [7, 11) is 2.96. The minimum atomic E-state index is -3.88. The van der Waals surface area contributed by atoms with E-state index in [0.29, 0.717) is 5.69 Å². The Morgan fingerprint density at radius 2 is 2.04 bits per heavy atom. The van der Waals surface area contributed by atoms with Crippen molar-refractivity contribution in [3.05, 3.63) is 46.7 Å². The Kier molecular flexibility index (Phi) is 5.36. The van der Waals surface area contributed by atoms with E-state index >= 15 is 0 Å². The van der Waals surface area contributed by atoms with E-state index in [9.17, 15) is 17.2 Å². The SMILES string of the molecule is Cn1cc(S(=O)(=O)Cl)cc1C(N)=NCNc1cc(F)c(F)c(Cl)c1. The van der Waals surface area contributed by atoms with Gasteiger partial charge >= 0.3 is 0 Å². The molecule has 0 fully saturated rings. The van der Waals surface area contributed by atoms with Gasteiger partial charge in [-0.05, 0) is 12.1 Å². The Morgan fingerprint density at radius 3 is 2.58 bits per heavy atom. The number of hydrogen-bond acceptors (Lipinski definition) is 4. The van der Waals surface area contributed by atoms with Gasteiger partial charge < -0.3 is 15.6 Å². The molecule has 0 saturated heterocycles. The lowest BCUT2D eigenvalue weighted by molar-refractivity contribution is 0.509. The first-order valence-corrected chi connectivity index (χ1v) is 9.08. The van der Waals surface area contributed by atoms with Crippen molar-refractivity contribution in [1.29, 1.82) is 0 Å². The molecule has 0 atom stereocenters. The molecule has 1 heterocycles. The highest BCUT2D eigenvalue weighted by atomic mass is 35.7. The molecule has 0 radical (unpaired) electrons. The summed E-state index contributed by atoms with van der Waals surface area (Å²) in [5.41, 5.74) is 6.34. The highest BCUT2D eigenvalue weighted by Gasteiger charge is 2.16. The van der Waals surface area contributed by atoms with E-state index in [4.69, 9.17) is 28.0 Å². The molecule has 3 N–H and O–H groups in total. The minimum absolute atomic E-state index is 0.0326. The number of nitrogens with one attached hydrogen (secondary N) is 1. The van der Waals surface area contributed by atoms with Gasteiger partial charge in [0.1, 0.15) is 17.4 Å². The fourth-order valence-electron chi connectivity index (χ4n) is 1.88. The molecule has 1 aromatic heterocycles. The maximum atomic E-state index is 13.2. The lowest BCUT2D eigenvalue weighted by Crippen LogP contribution is -2.18. The van der Waals surface area contributed by atoms with Crippen molar-refractivity contribution in [2.75, 3.05) is 12.0 Å². The number of nitrogens with two attached hydrogens (primary N) is 1. The molecule has 2 rings (SSSR count). The first kappa shape index (κ1) is 18.5. The van der Waals surface area contributed by atoms with Crippen LogP contribution < -0.4 is 11.1 Å². The van der Waals surface area contributed by atoms with E-state index in [1.54, 1.807) is 7.05 Å². The molecular weight excluding hydrogens is 385 g/mol. The van der Waals surface area contributed by atoms with Crippen LogP contribution in [-0.2, 0) is 16.1 Å². The van der Waals surface area contributed by atoms with E-state index in [-0.39, 0.29) is 28.1 Å². The maximum Gasteiger partial charge on any atom is 0.262 e. The van der Waals surface area contributed by atoms with Gasteiger partial charge in [-0.25, -0.2) is 22.2 Å². The van der Waals surface area contributed by atoms with Crippen molar-refractivity contribution >= 4 is 42.9 Å². The van der Waals surface area contributed by atoms with E-state index < -0.39 is 20.7 Å². The van der Waals surface area contributed by atoms with Crippen LogP contribution in [0.5, 0.6) is 0 Å². The van der Waals surface area contributed by atoms with Crippen molar-refractivity contribution in [2.45, 2.75) is 4.90 Å². The van der Waals surface area contributed by atoms with E-state index in [0.717, 1.165) is 6.07 Å². The van der Waals surface area contributed by atoms with Gasteiger partial charge in [-0.15, -0.1) is 0 Å². The number of amidine groups is 1. The molecule has 24 heavy (non-hydrogen) atoms. The van der Waals surface area contributed by atoms with Crippen molar-refractivity contribution in [3.8, 4) is 0 Å². The largest absolute Gasteiger partial charge is 0.382 e. The van der Waals surface area contributed by atoms with Crippen LogP contribution in [0.1, 0.15) is 5.69 Å². The van der Waals surface area contributed by atoms with Gasteiger partial charge in [0.25, 0.3) is 9.05 Å². The molecule has 0 saturated carbocycles. The molecule has 0 spiro atoms. The fourth-order valence-corrected chi connectivity index (χ4v) is 2.87. The van der Waals surface area contributed by atoms with Gasteiger partial charge in [0.2, 0.25) is 0 Å². The molecule has 0 aliphatic carbocycles. The molecular formula is C13H12Cl2F2N4O2S. The third-order valence-corrected chi connectivity index (χ3v) is 4.64. The Morgan fingerprint density at radius 1 is 1.38 bits per heavy atom. The zero-order valence-corrected chi connectivity index (χ0v) is 14.6. The van der Waals surface area contributed by atoms with Gasteiger partial charge in [-0.1, -0.05) is 11.6 Å². The van der Waals surface area contributed by atoms with Crippen LogP contribution in [0.25, 0.3) is 0 Å². The third-order valence-electron chi connectivity index (χ3n) is 3.04. The number of nitrogens with zero attached hydrogens (tertiary/aromatic N) is 2. The Labute approximate surface area is 146 Å². The predicted octanol–water partition coefficient (Wildman–Crippen LogP) is 2.66. The van der Waals surface area contributed by atoms with Crippen LogP contribution >= 0.6 is 22.3 Å². The van der Waals surface area contributed by atoms with Gasteiger partial charge in [0, 0.05) is 35.7 Å². The molecule has 1 aromatic carbocycles. The van der Waals surface area contributed by atoms with Crippen molar-refractivity contribution < 1.29 is 17.2 Å². The third kappa shape index (κ3) is 4.16. The second-order valence-electron chi connectivity index (χ2n) is 4.74. The summed E-state index contributed by atoms with van der Waals surface area (Å²) in [5.74, 6) is -2.20. The smallest absolute Gasteiger partial charge is 0.262 e. The molecule has 6 nitrogen and oxygen atoms in total. The van der Waals surface area contributed by atoms with Crippen LogP contribution in [0.3, 0.4) is 0 Å². The second kappa shape index (κ2) is 6.96. The summed E-state index contributed by atoms with van der Waals surface area (Å²) in [6.07, 6.45) is 1.29. The summed E-state index contributed by atoms with van der Waals surface area (Å²) in [5, 5.41) is 2.33. The highest BCUT2D eigenvalue weighted by Crippen LogP contribution is 2.22. The molecule has 0 amide bonds. The van der Waals surface area contributed by atoms with Crippen LogP contribution in [0, 0.1) is 11.6 Å². The van der Waals surface area contributed by atoms with E-state index in [1.165, 1.54) is 22.9 Å². The monoisotopic (exact) mass is 396 g/mol.